The number of hydrogen-bond donors (Lipinski definition) is 0. The fourth-order valence-corrected chi connectivity index (χ4v) is 1.41. The van der Waals surface area contributed by atoms with E-state index in [1.807, 2.05) is 0 Å². The van der Waals surface area contributed by atoms with Crippen molar-refractivity contribution < 1.29 is 9.18 Å². The number of carbonyl (C=O) groups excluding carboxylic acids is 1. The molecule has 0 radical (unpaired) electrons. The number of aromatic nitrogens is 3. The zero-order chi connectivity index (χ0) is 11.4. The highest BCUT2D eigenvalue weighted by molar-refractivity contribution is 5.80. The maximum atomic E-state index is 13.2. The summed E-state index contributed by atoms with van der Waals surface area (Å²) in [6.45, 7) is 0.119. The molecule has 0 N–H and O–H groups in total. The number of Topliss-reactive ketones (excluding diaryl/α,β-unsaturated/α-hetero) is 1. The summed E-state index contributed by atoms with van der Waals surface area (Å²) in [4.78, 5) is 15.3. The monoisotopic (exact) mass is 219 g/mol. The van der Waals surface area contributed by atoms with Crippen molar-refractivity contribution in [3.05, 3.63) is 48.3 Å². The maximum Gasteiger partial charge on any atom is 0.158 e. The van der Waals surface area contributed by atoms with Crippen LogP contribution < -0.4 is 0 Å². The van der Waals surface area contributed by atoms with E-state index < -0.39 is 0 Å². The lowest BCUT2D eigenvalue weighted by Crippen LogP contribution is -2.13. The Balaban J connectivity index is 2.00. The average molecular weight is 219 g/mol. The molecular formula is C11H10FN3O. The van der Waals surface area contributed by atoms with Gasteiger partial charge in [-0.2, -0.15) is 5.10 Å². The molecule has 0 atom stereocenters. The van der Waals surface area contributed by atoms with E-state index in [4.69, 9.17) is 0 Å². The van der Waals surface area contributed by atoms with Gasteiger partial charge in [-0.25, -0.2) is 14.1 Å². The quantitative estimate of drug-likeness (QED) is 0.777. The maximum absolute atomic E-state index is 13.2. The SMILES string of the molecule is O=C(Cc1ccccc1F)Cn1cncn1. The molecule has 0 fully saturated rings. The van der Waals surface area contributed by atoms with Crippen LogP contribution in [0.15, 0.2) is 36.9 Å². The van der Waals surface area contributed by atoms with Gasteiger partial charge in [0.25, 0.3) is 0 Å². The fraction of sp³-hybridized carbons (Fsp3) is 0.182. The van der Waals surface area contributed by atoms with Crippen LogP contribution in [-0.4, -0.2) is 20.5 Å². The van der Waals surface area contributed by atoms with Gasteiger partial charge in [0.05, 0.1) is 0 Å². The lowest BCUT2D eigenvalue weighted by Gasteiger charge is -2.02. The largest absolute Gasteiger partial charge is 0.297 e. The van der Waals surface area contributed by atoms with Gasteiger partial charge in [0.1, 0.15) is 25.0 Å². The Morgan fingerprint density at radius 1 is 1.38 bits per heavy atom. The molecular weight excluding hydrogens is 209 g/mol. The second-order valence-corrected chi connectivity index (χ2v) is 3.40. The van der Waals surface area contributed by atoms with Crippen LogP contribution >= 0.6 is 0 Å². The third-order valence-corrected chi connectivity index (χ3v) is 2.15. The van der Waals surface area contributed by atoms with Gasteiger partial charge >= 0.3 is 0 Å². The van der Waals surface area contributed by atoms with Crippen LogP contribution in [0.2, 0.25) is 0 Å². The van der Waals surface area contributed by atoms with E-state index in [-0.39, 0.29) is 24.6 Å². The topological polar surface area (TPSA) is 47.8 Å². The second kappa shape index (κ2) is 4.65. The first-order valence-corrected chi connectivity index (χ1v) is 4.83. The Morgan fingerprint density at radius 3 is 2.88 bits per heavy atom. The number of halogens is 1. The van der Waals surface area contributed by atoms with Gasteiger partial charge in [-0.3, -0.25) is 4.79 Å². The number of benzene rings is 1. The van der Waals surface area contributed by atoms with Crippen LogP contribution in [0.4, 0.5) is 4.39 Å². The molecule has 1 heterocycles. The van der Waals surface area contributed by atoms with Gasteiger partial charge < -0.3 is 0 Å². The predicted molar refractivity (Wildman–Crippen MR) is 55.1 cm³/mol. The number of nitrogens with zero attached hydrogens (tertiary/aromatic N) is 3. The lowest BCUT2D eigenvalue weighted by molar-refractivity contribution is -0.119. The molecule has 4 nitrogen and oxygen atoms in total. The first-order chi connectivity index (χ1) is 7.75. The van der Waals surface area contributed by atoms with Crippen LogP contribution in [0.25, 0.3) is 0 Å². The summed E-state index contributed by atoms with van der Waals surface area (Å²) in [5, 5.41) is 3.81. The normalized spacial score (nSPS) is 10.3. The molecule has 0 saturated carbocycles. The van der Waals surface area contributed by atoms with E-state index in [0.29, 0.717) is 5.56 Å². The van der Waals surface area contributed by atoms with Crippen molar-refractivity contribution in [1.29, 1.82) is 0 Å². The highest BCUT2D eigenvalue weighted by atomic mass is 19.1. The van der Waals surface area contributed by atoms with Crippen molar-refractivity contribution in [3.8, 4) is 0 Å². The highest BCUT2D eigenvalue weighted by Gasteiger charge is 2.08. The Bertz CT molecular complexity index is 482. The summed E-state index contributed by atoms with van der Waals surface area (Å²) < 4.78 is 14.7. The molecule has 0 saturated heterocycles. The Hall–Kier alpha value is -2.04. The van der Waals surface area contributed by atoms with Gasteiger partial charge in [0, 0.05) is 6.42 Å². The predicted octanol–water partition coefficient (Wildman–Crippen LogP) is 1.23. The molecule has 5 heteroatoms. The van der Waals surface area contributed by atoms with E-state index in [1.165, 1.54) is 23.4 Å². The first kappa shape index (κ1) is 10.5. The van der Waals surface area contributed by atoms with Crippen LogP contribution in [0.1, 0.15) is 5.56 Å². The zero-order valence-corrected chi connectivity index (χ0v) is 8.51. The molecule has 1 aromatic carbocycles. The zero-order valence-electron chi connectivity index (χ0n) is 8.51. The van der Waals surface area contributed by atoms with Crippen molar-refractivity contribution >= 4 is 5.78 Å². The van der Waals surface area contributed by atoms with E-state index in [2.05, 4.69) is 10.1 Å². The molecule has 2 rings (SSSR count). The van der Waals surface area contributed by atoms with Gasteiger partial charge in [-0.05, 0) is 11.6 Å². The summed E-state index contributed by atoms with van der Waals surface area (Å²) in [5.74, 6) is -0.454. The number of ketones is 1. The van der Waals surface area contributed by atoms with Crippen LogP contribution in [0, 0.1) is 5.82 Å². The molecule has 16 heavy (non-hydrogen) atoms. The fourth-order valence-electron chi connectivity index (χ4n) is 1.41. The van der Waals surface area contributed by atoms with Crippen molar-refractivity contribution in [2.24, 2.45) is 0 Å². The third kappa shape index (κ3) is 2.50. The van der Waals surface area contributed by atoms with Crippen molar-refractivity contribution in [2.75, 3.05) is 0 Å². The lowest BCUT2D eigenvalue weighted by atomic mass is 10.1. The highest BCUT2D eigenvalue weighted by Crippen LogP contribution is 2.07. The van der Waals surface area contributed by atoms with E-state index in [9.17, 15) is 9.18 Å². The van der Waals surface area contributed by atoms with Crippen LogP contribution in [0.3, 0.4) is 0 Å². The first-order valence-electron chi connectivity index (χ1n) is 4.83. The summed E-state index contributed by atoms with van der Waals surface area (Å²) in [6.07, 6.45) is 2.89. The third-order valence-electron chi connectivity index (χ3n) is 2.15. The molecule has 1 aromatic heterocycles. The molecule has 82 valence electrons. The summed E-state index contributed by atoms with van der Waals surface area (Å²) >= 11 is 0. The van der Waals surface area contributed by atoms with Crippen molar-refractivity contribution in [3.63, 3.8) is 0 Å². The van der Waals surface area contributed by atoms with Crippen LogP contribution in [-0.2, 0) is 17.8 Å². The molecule has 0 spiro atoms. The molecule has 0 aliphatic carbocycles. The number of rotatable bonds is 4. The summed E-state index contributed by atoms with van der Waals surface area (Å²) in [6, 6.07) is 6.26. The summed E-state index contributed by atoms with van der Waals surface area (Å²) in [7, 11) is 0. The van der Waals surface area contributed by atoms with Gasteiger partial charge in [0.2, 0.25) is 0 Å². The molecule has 0 unspecified atom stereocenters. The minimum atomic E-state index is -0.352. The minimum absolute atomic E-state index is 0.0759. The second-order valence-electron chi connectivity index (χ2n) is 3.40. The van der Waals surface area contributed by atoms with Gasteiger partial charge in [-0.15, -0.1) is 0 Å². The van der Waals surface area contributed by atoms with Crippen molar-refractivity contribution in [2.45, 2.75) is 13.0 Å². The van der Waals surface area contributed by atoms with E-state index >= 15 is 0 Å². The molecule has 2 aromatic rings. The Morgan fingerprint density at radius 2 is 2.19 bits per heavy atom. The van der Waals surface area contributed by atoms with Crippen LogP contribution in [0.5, 0.6) is 0 Å². The molecule has 0 bridgehead atoms. The molecule has 0 amide bonds. The van der Waals surface area contributed by atoms with E-state index in [0.717, 1.165) is 0 Å². The van der Waals surface area contributed by atoms with Gasteiger partial charge in [-0.1, -0.05) is 18.2 Å². The smallest absolute Gasteiger partial charge is 0.158 e. The number of carbonyl (C=O) groups is 1. The van der Waals surface area contributed by atoms with E-state index in [1.54, 1.807) is 18.2 Å². The number of hydrogen-bond acceptors (Lipinski definition) is 3. The average Bonchev–Trinajstić information content (AvgIpc) is 2.74. The van der Waals surface area contributed by atoms with Gasteiger partial charge in [0.15, 0.2) is 5.78 Å². The van der Waals surface area contributed by atoms with Crippen molar-refractivity contribution in [1.82, 2.24) is 14.8 Å². The molecule has 0 aliphatic rings. The standard InChI is InChI=1S/C11H10FN3O/c12-11-4-2-1-3-9(11)5-10(16)6-15-8-13-7-14-15/h1-4,7-8H,5-6H2. The summed E-state index contributed by atoms with van der Waals surface area (Å²) in [5.41, 5.74) is 0.410. The minimum Gasteiger partial charge on any atom is -0.297 e. The molecule has 0 aliphatic heterocycles. The Kier molecular flexibility index (Phi) is 3.05. The Labute approximate surface area is 91.7 Å².